The summed E-state index contributed by atoms with van der Waals surface area (Å²) >= 11 is 0. The Morgan fingerprint density at radius 2 is 1.92 bits per heavy atom. The number of nitrogens with one attached hydrogen (secondary N) is 1. The number of rotatable bonds is 1. The molecule has 1 rings (SSSR count). The predicted molar refractivity (Wildman–Crippen MR) is 55.2 cm³/mol. The summed E-state index contributed by atoms with van der Waals surface area (Å²) in [7, 11) is -2.98. The van der Waals surface area contributed by atoms with Crippen molar-refractivity contribution in [1.29, 1.82) is 0 Å². The summed E-state index contributed by atoms with van der Waals surface area (Å²) in [6.45, 7) is 8.03. The lowest BCUT2D eigenvalue weighted by Gasteiger charge is -2.31. The molecule has 0 radical (unpaired) electrons. The highest BCUT2D eigenvalue weighted by Crippen LogP contribution is 2.06. The zero-order valence-electron chi connectivity index (χ0n) is 8.87. The molecule has 0 aromatic carbocycles. The maximum atomic E-state index is 11.1. The molecule has 1 heterocycles. The lowest BCUT2D eigenvalue weighted by molar-refractivity contribution is 0.285. The zero-order valence-corrected chi connectivity index (χ0v) is 9.69. The van der Waals surface area contributed by atoms with Gasteiger partial charge in [-0.3, -0.25) is 0 Å². The highest BCUT2D eigenvalue weighted by atomic mass is 32.2. The van der Waals surface area contributed by atoms with Gasteiger partial charge in [0.1, 0.15) is 0 Å². The van der Waals surface area contributed by atoms with Crippen LogP contribution in [0.4, 0.5) is 0 Å². The molecule has 1 aliphatic heterocycles. The van der Waals surface area contributed by atoms with Crippen LogP contribution in [-0.4, -0.2) is 44.7 Å². The molecule has 5 heteroatoms. The van der Waals surface area contributed by atoms with Crippen LogP contribution in [0.25, 0.3) is 0 Å². The Labute approximate surface area is 81.4 Å². The van der Waals surface area contributed by atoms with Crippen LogP contribution in [0.15, 0.2) is 0 Å². The molecule has 1 saturated heterocycles. The van der Waals surface area contributed by atoms with Gasteiger partial charge in [0.05, 0.1) is 6.26 Å². The summed E-state index contributed by atoms with van der Waals surface area (Å²) in [5, 5.41) is 3.13. The first kappa shape index (κ1) is 12.9. The van der Waals surface area contributed by atoms with Crippen LogP contribution in [0, 0.1) is 0 Å². The van der Waals surface area contributed by atoms with E-state index < -0.39 is 10.0 Å². The van der Waals surface area contributed by atoms with Gasteiger partial charge in [-0.2, -0.15) is 4.31 Å². The minimum Gasteiger partial charge on any atom is -0.314 e. The fourth-order valence-electron chi connectivity index (χ4n) is 1.32. The smallest absolute Gasteiger partial charge is 0.211 e. The molecular weight excluding hydrogens is 188 g/mol. The van der Waals surface area contributed by atoms with Gasteiger partial charge < -0.3 is 5.32 Å². The molecule has 0 saturated carbocycles. The highest BCUT2D eigenvalue weighted by Gasteiger charge is 2.25. The normalized spacial score (nSPS) is 24.8. The summed E-state index contributed by atoms with van der Waals surface area (Å²) in [6, 6.07) is 0.0961. The summed E-state index contributed by atoms with van der Waals surface area (Å²) < 4.78 is 23.7. The molecule has 4 nitrogen and oxygen atoms in total. The van der Waals surface area contributed by atoms with Gasteiger partial charge in [-0.15, -0.1) is 0 Å². The molecule has 0 amide bonds. The van der Waals surface area contributed by atoms with Gasteiger partial charge in [0, 0.05) is 25.7 Å². The minimum atomic E-state index is -2.98. The van der Waals surface area contributed by atoms with Gasteiger partial charge in [0.25, 0.3) is 0 Å². The molecule has 0 aromatic rings. The summed E-state index contributed by atoms with van der Waals surface area (Å²) in [5.74, 6) is 0. The third-order valence-corrected chi connectivity index (χ3v) is 3.26. The van der Waals surface area contributed by atoms with Crippen molar-refractivity contribution in [1.82, 2.24) is 9.62 Å². The van der Waals surface area contributed by atoms with Crippen molar-refractivity contribution in [2.24, 2.45) is 0 Å². The quantitative estimate of drug-likeness (QED) is 0.673. The van der Waals surface area contributed by atoms with Crippen molar-refractivity contribution < 1.29 is 8.42 Å². The second-order valence-corrected chi connectivity index (χ2v) is 4.86. The Hall–Kier alpha value is -0.130. The largest absolute Gasteiger partial charge is 0.314 e. The van der Waals surface area contributed by atoms with E-state index in [1.54, 1.807) is 0 Å². The fraction of sp³-hybridized carbons (Fsp3) is 1.00. The summed E-state index contributed by atoms with van der Waals surface area (Å²) in [4.78, 5) is 0. The third kappa shape index (κ3) is 4.06. The highest BCUT2D eigenvalue weighted by molar-refractivity contribution is 7.88. The average molecular weight is 208 g/mol. The second kappa shape index (κ2) is 5.57. The first-order valence-corrected chi connectivity index (χ1v) is 6.54. The molecule has 13 heavy (non-hydrogen) atoms. The molecule has 0 aliphatic carbocycles. The molecular formula is C8H20N2O2S. The van der Waals surface area contributed by atoms with Gasteiger partial charge in [0.15, 0.2) is 0 Å². The van der Waals surface area contributed by atoms with E-state index in [0.29, 0.717) is 6.54 Å². The average Bonchev–Trinajstić information content (AvgIpc) is 2.07. The fourth-order valence-corrected chi connectivity index (χ4v) is 2.47. The Morgan fingerprint density at radius 1 is 1.38 bits per heavy atom. The van der Waals surface area contributed by atoms with E-state index in [1.165, 1.54) is 10.6 Å². The number of hydrogen-bond acceptors (Lipinski definition) is 3. The standard InChI is InChI=1S/C6H14N2O2S.C2H6/c1-6-5-7-3-4-8(6)11(2,9)10;1-2/h6-7H,3-5H2,1-2H3;1-2H3. The molecule has 1 atom stereocenters. The molecule has 0 spiro atoms. The summed E-state index contributed by atoms with van der Waals surface area (Å²) in [6.07, 6.45) is 1.26. The molecule has 0 aromatic heterocycles. The minimum absolute atomic E-state index is 0.0961. The van der Waals surface area contributed by atoms with Crippen LogP contribution in [0.5, 0.6) is 0 Å². The lowest BCUT2D eigenvalue weighted by atomic mass is 10.3. The Bertz CT molecular complexity index is 226. The predicted octanol–water partition coefficient (Wildman–Crippen LogP) is 0.266. The molecule has 80 valence electrons. The zero-order chi connectivity index (χ0) is 10.5. The van der Waals surface area contributed by atoms with E-state index in [-0.39, 0.29) is 6.04 Å². The van der Waals surface area contributed by atoms with Crippen LogP contribution in [0.1, 0.15) is 20.8 Å². The van der Waals surface area contributed by atoms with Crippen LogP contribution < -0.4 is 5.32 Å². The van der Waals surface area contributed by atoms with Crippen molar-refractivity contribution >= 4 is 10.0 Å². The van der Waals surface area contributed by atoms with Gasteiger partial charge in [-0.25, -0.2) is 8.42 Å². The molecule has 1 unspecified atom stereocenters. The van der Waals surface area contributed by atoms with Crippen LogP contribution in [0.3, 0.4) is 0 Å². The van der Waals surface area contributed by atoms with Crippen LogP contribution in [-0.2, 0) is 10.0 Å². The van der Waals surface area contributed by atoms with E-state index >= 15 is 0 Å². The van der Waals surface area contributed by atoms with Gasteiger partial charge in [-0.05, 0) is 6.92 Å². The van der Waals surface area contributed by atoms with Crippen molar-refractivity contribution in [2.45, 2.75) is 26.8 Å². The van der Waals surface area contributed by atoms with Gasteiger partial charge in [-0.1, -0.05) is 13.8 Å². The number of piperazine rings is 1. The Kier molecular flexibility index (Phi) is 5.51. The topological polar surface area (TPSA) is 49.4 Å². The maximum absolute atomic E-state index is 11.1. The van der Waals surface area contributed by atoms with Crippen molar-refractivity contribution in [3.05, 3.63) is 0 Å². The number of nitrogens with zero attached hydrogens (tertiary/aromatic N) is 1. The third-order valence-electron chi connectivity index (χ3n) is 1.87. The van der Waals surface area contributed by atoms with Crippen molar-refractivity contribution in [3.8, 4) is 0 Å². The first-order valence-electron chi connectivity index (χ1n) is 4.69. The van der Waals surface area contributed by atoms with Crippen molar-refractivity contribution in [3.63, 3.8) is 0 Å². The SMILES string of the molecule is CC.CC1CNCCN1S(C)(=O)=O. The van der Waals surface area contributed by atoms with E-state index in [4.69, 9.17) is 0 Å². The summed E-state index contributed by atoms with van der Waals surface area (Å²) in [5.41, 5.74) is 0. The van der Waals surface area contributed by atoms with E-state index in [2.05, 4.69) is 5.32 Å². The molecule has 1 fully saturated rings. The number of sulfonamides is 1. The van der Waals surface area contributed by atoms with Crippen LogP contribution in [0.2, 0.25) is 0 Å². The van der Waals surface area contributed by atoms with Crippen molar-refractivity contribution in [2.75, 3.05) is 25.9 Å². The molecule has 0 bridgehead atoms. The molecule has 1 aliphatic rings. The lowest BCUT2D eigenvalue weighted by Crippen LogP contribution is -2.51. The van der Waals surface area contributed by atoms with Gasteiger partial charge in [0.2, 0.25) is 10.0 Å². The second-order valence-electron chi connectivity index (χ2n) is 2.93. The van der Waals surface area contributed by atoms with Gasteiger partial charge >= 0.3 is 0 Å². The Balaban J connectivity index is 0.000000671. The molecule has 1 N–H and O–H groups in total. The first-order chi connectivity index (χ1) is 6.02. The van der Waals surface area contributed by atoms with E-state index in [0.717, 1.165) is 13.1 Å². The monoisotopic (exact) mass is 208 g/mol. The van der Waals surface area contributed by atoms with Crippen LogP contribution >= 0.6 is 0 Å². The maximum Gasteiger partial charge on any atom is 0.211 e. The van der Waals surface area contributed by atoms with E-state index in [1.807, 2.05) is 20.8 Å². The number of hydrogen-bond donors (Lipinski definition) is 1. The van der Waals surface area contributed by atoms with E-state index in [9.17, 15) is 8.42 Å². The Morgan fingerprint density at radius 3 is 2.23 bits per heavy atom.